The van der Waals surface area contributed by atoms with E-state index in [0.717, 1.165) is 5.56 Å². The average molecular weight is 612 g/mol. The molecule has 1 fully saturated rings. The van der Waals surface area contributed by atoms with Crippen LogP contribution in [0.3, 0.4) is 0 Å². The summed E-state index contributed by atoms with van der Waals surface area (Å²) in [4.78, 5) is 28.6. The van der Waals surface area contributed by atoms with Crippen LogP contribution in [0, 0.1) is 5.92 Å². The molecular weight excluding hydrogens is 578 g/mol. The number of halogens is 1. The van der Waals surface area contributed by atoms with Crippen molar-refractivity contribution in [3.63, 3.8) is 0 Å². The lowest BCUT2D eigenvalue weighted by molar-refractivity contribution is -0.129. The van der Waals surface area contributed by atoms with Crippen molar-refractivity contribution < 1.29 is 27.5 Å². The fourth-order valence-electron chi connectivity index (χ4n) is 5.35. The number of carbonyl (C=O) groups is 2. The van der Waals surface area contributed by atoms with Gasteiger partial charge in [0.05, 0.1) is 24.8 Å². The number of piperidine rings is 1. The molecule has 5 rings (SSSR count). The van der Waals surface area contributed by atoms with Gasteiger partial charge in [-0.15, -0.1) is 0 Å². The van der Waals surface area contributed by atoms with Gasteiger partial charge >= 0.3 is 0 Å². The van der Waals surface area contributed by atoms with Crippen LogP contribution in [0.2, 0.25) is 5.02 Å². The molecule has 11 heteroatoms. The molecule has 2 heterocycles. The zero-order chi connectivity index (χ0) is 29.7. The number of sulfonamides is 1. The smallest absolute Gasteiger partial charge is 0.262 e. The number of nitrogens with one attached hydrogen (secondary N) is 1. The van der Waals surface area contributed by atoms with Crippen LogP contribution in [-0.2, 0) is 26.0 Å². The Balaban J connectivity index is 1.31. The summed E-state index contributed by atoms with van der Waals surface area (Å²) in [6, 6.07) is 21.4. The number of hydrogen-bond donors (Lipinski definition) is 1. The van der Waals surface area contributed by atoms with Crippen molar-refractivity contribution in [2.75, 3.05) is 37.7 Å². The van der Waals surface area contributed by atoms with E-state index in [1.807, 2.05) is 30.3 Å². The van der Waals surface area contributed by atoms with Gasteiger partial charge in [0.1, 0.15) is 16.4 Å². The maximum absolute atomic E-state index is 14.0. The number of benzene rings is 3. The van der Waals surface area contributed by atoms with Crippen LogP contribution in [-0.4, -0.2) is 63.4 Å². The Bertz CT molecular complexity index is 1530. The molecule has 0 aliphatic carbocycles. The van der Waals surface area contributed by atoms with Crippen LogP contribution in [0.1, 0.15) is 25.3 Å². The monoisotopic (exact) mass is 611 g/mol. The van der Waals surface area contributed by atoms with Crippen LogP contribution in [0.4, 0.5) is 5.69 Å². The first-order valence-electron chi connectivity index (χ1n) is 14.1. The highest BCUT2D eigenvalue weighted by atomic mass is 35.5. The zero-order valence-electron chi connectivity index (χ0n) is 23.4. The lowest BCUT2D eigenvalue weighted by Gasteiger charge is -2.38. The lowest BCUT2D eigenvalue weighted by Crippen LogP contribution is -2.54. The molecule has 1 N–H and O–H groups in total. The number of rotatable bonds is 9. The van der Waals surface area contributed by atoms with E-state index in [9.17, 15) is 18.0 Å². The minimum Gasteiger partial charge on any atom is -0.492 e. The van der Waals surface area contributed by atoms with Crippen molar-refractivity contribution in [1.82, 2.24) is 9.62 Å². The highest BCUT2D eigenvalue weighted by molar-refractivity contribution is 7.89. The number of fused-ring (bicyclic) bond motifs is 1. The summed E-state index contributed by atoms with van der Waals surface area (Å²) in [5.74, 6) is -0.505. The first-order chi connectivity index (χ1) is 20.3. The van der Waals surface area contributed by atoms with Crippen molar-refractivity contribution in [3.8, 4) is 11.5 Å². The number of ether oxygens (including phenoxy) is 2. The van der Waals surface area contributed by atoms with E-state index in [4.69, 9.17) is 21.1 Å². The van der Waals surface area contributed by atoms with E-state index in [1.54, 1.807) is 48.2 Å². The number of para-hydroxylation sites is 2. The maximum atomic E-state index is 14.0. The Hall–Kier alpha value is -3.60. The molecule has 42 heavy (non-hydrogen) atoms. The standard InChI is InChI=1S/C31H34ClN3O6S/c1-2-40-27-15-14-24(32)19-29(27)42(38,39)34-18-8-11-23(20-34)31(37)35-21-28(41-26-13-7-6-12-25(26)35)30(36)33-17-16-22-9-4-3-5-10-22/h3-7,9-10,12-15,19,23,28H,2,8,11,16-18,20-21H2,1H3,(H,33,36). The molecule has 2 amide bonds. The minimum atomic E-state index is -3.99. The maximum Gasteiger partial charge on any atom is 0.262 e. The first kappa shape index (κ1) is 29.9. The second-order valence-electron chi connectivity index (χ2n) is 10.3. The van der Waals surface area contributed by atoms with Crippen molar-refractivity contribution in [2.24, 2.45) is 5.92 Å². The molecule has 2 atom stereocenters. The third-order valence-corrected chi connectivity index (χ3v) is 9.57. The predicted octanol–water partition coefficient (Wildman–Crippen LogP) is 4.29. The van der Waals surface area contributed by atoms with E-state index >= 15 is 0 Å². The van der Waals surface area contributed by atoms with Gasteiger partial charge in [-0.25, -0.2) is 8.42 Å². The number of hydrogen-bond acceptors (Lipinski definition) is 6. The Morgan fingerprint density at radius 3 is 2.60 bits per heavy atom. The fourth-order valence-corrected chi connectivity index (χ4v) is 7.27. The van der Waals surface area contributed by atoms with E-state index in [-0.39, 0.29) is 47.1 Å². The summed E-state index contributed by atoms with van der Waals surface area (Å²) in [6.45, 7) is 2.81. The Morgan fingerprint density at radius 1 is 1.05 bits per heavy atom. The number of amides is 2. The van der Waals surface area contributed by atoms with Gasteiger partial charge in [0.25, 0.3) is 5.91 Å². The van der Waals surface area contributed by atoms with Gasteiger partial charge in [-0.1, -0.05) is 54.1 Å². The fraction of sp³-hybridized carbons (Fsp3) is 0.355. The van der Waals surface area contributed by atoms with Gasteiger partial charge in [-0.2, -0.15) is 4.31 Å². The molecular formula is C31H34ClN3O6S. The summed E-state index contributed by atoms with van der Waals surface area (Å²) in [7, 11) is -3.99. The number of carbonyl (C=O) groups excluding carboxylic acids is 2. The Labute approximate surface area is 251 Å². The van der Waals surface area contributed by atoms with Crippen molar-refractivity contribution in [1.29, 1.82) is 0 Å². The normalized spacial score (nSPS) is 19.0. The van der Waals surface area contributed by atoms with E-state index < -0.39 is 22.0 Å². The van der Waals surface area contributed by atoms with E-state index in [1.165, 1.54) is 10.4 Å². The van der Waals surface area contributed by atoms with Gasteiger partial charge in [0, 0.05) is 24.7 Å². The van der Waals surface area contributed by atoms with Crippen LogP contribution in [0.25, 0.3) is 0 Å². The second kappa shape index (κ2) is 13.1. The van der Waals surface area contributed by atoms with Crippen molar-refractivity contribution in [3.05, 3.63) is 83.4 Å². The summed E-state index contributed by atoms with van der Waals surface area (Å²) in [6.07, 6.45) is 0.799. The summed E-state index contributed by atoms with van der Waals surface area (Å²) >= 11 is 6.15. The molecule has 0 bridgehead atoms. The molecule has 1 saturated heterocycles. The minimum absolute atomic E-state index is 0.00665. The molecule has 9 nitrogen and oxygen atoms in total. The Morgan fingerprint density at radius 2 is 1.81 bits per heavy atom. The van der Waals surface area contributed by atoms with Crippen molar-refractivity contribution in [2.45, 2.75) is 37.2 Å². The molecule has 3 aromatic carbocycles. The van der Waals surface area contributed by atoms with Gasteiger partial charge in [0.2, 0.25) is 15.9 Å². The summed E-state index contributed by atoms with van der Waals surface area (Å²) < 4.78 is 40.3. The molecule has 0 saturated carbocycles. The largest absolute Gasteiger partial charge is 0.492 e. The van der Waals surface area contributed by atoms with Crippen LogP contribution in [0.15, 0.2) is 77.7 Å². The highest BCUT2D eigenvalue weighted by Crippen LogP contribution is 2.36. The Kier molecular flexibility index (Phi) is 9.35. The molecule has 222 valence electrons. The molecule has 2 aliphatic rings. The van der Waals surface area contributed by atoms with Crippen molar-refractivity contribution >= 4 is 39.1 Å². The van der Waals surface area contributed by atoms with Crippen LogP contribution >= 0.6 is 11.6 Å². The van der Waals surface area contributed by atoms with Crippen LogP contribution < -0.4 is 19.7 Å². The second-order valence-corrected chi connectivity index (χ2v) is 12.6. The highest BCUT2D eigenvalue weighted by Gasteiger charge is 2.40. The molecule has 0 aromatic heterocycles. The van der Waals surface area contributed by atoms with Gasteiger partial charge < -0.3 is 19.7 Å². The molecule has 0 spiro atoms. The van der Waals surface area contributed by atoms with Gasteiger partial charge in [0.15, 0.2) is 6.10 Å². The van der Waals surface area contributed by atoms with Crippen LogP contribution in [0.5, 0.6) is 11.5 Å². The number of nitrogens with zero attached hydrogens (tertiary/aromatic N) is 2. The molecule has 3 aromatic rings. The van der Waals surface area contributed by atoms with E-state index in [2.05, 4.69) is 5.32 Å². The molecule has 0 radical (unpaired) electrons. The third kappa shape index (κ3) is 6.56. The predicted molar refractivity (Wildman–Crippen MR) is 160 cm³/mol. The summed E-state index contributed by atoms with van der Waals surface area (Å²) in [5, 5.41) is 3.20. The zero-order valence-corrected chi connectivity index (χ0v) is 24.9. The third-order valence-electron chi connectivity index (χ3n) is 7.44. The quantitative estimate of drug-likeness (QED) is 0.387. The van der Waals surface area contributed by atoms with Gasteiger partial charge in [-0.05, 0) is 62.1 Å². The first-order valence-corrected chi connectivity index (χ1v) is 15.9. The molecule has 2 unspecified atom stereocenters. The lowest BCUT2D eigenvalue weighted by atomic mass is 9.97. The SMILES string of the molecule is CCOc1ccc(Cl)cc1S(=O)(=O)N1CCCC(C(=O)N2CC(C(=O)NCCc3ccccc3)Oc3ccccc32)C1. The van der Waals surface area contributed by atoms with E-state index in [0.29, 0.717) is 43.9 Å². The average Bonchev–Trinajstić information content (AvgIpc) is 3.01. The summed E-state index contributed by atoms with van der Waals surface area (Å²) in [5.41, 5.74) is 1.66. The van der Waals surface area contributed by atoms with Gasteiger partial charge in [-0.3, -0.25) is 9.59 Å². The topological polar surface area (TPSA) is 105 Å². The number of anilines is 1. The molecule has 2 aliphatic heterocycles.